The summed E-state index contributed by atoms with van der Waals surface area (Å²) in [7, 11) is 2.03. The molecular weight excluding hydrogens is 262 g/mol. The van der Waals surface area contributed by atoms with Crippen molar-refractivity contribution in [2.75, 3.05) is 11.9 Å². The van der Waals surface area contributed by atoms with E-state index >= 15 is 0 Å². The van der Waals surface area contributed by atoms with Crippen molar-refractivity contribution >= 4 is 16.7 Å². The molecule has 21 heavy (non-hydrogen) atoms. The number of fused-ring (bicyclic) bond motifs is 1. The quantitative estimate of drug-likeness (QED) is 0.797. The number of para-hydroxylation sites is 1. The molecule has 0 radical (unpaired) electrons. The summed E-state index contributed by atoms with van der Waals surface area (Å²) in [5.41, 5.74) is 9.10. The summed E-state index contributed by atoms with van der Waals surface area (Å²) >= 11 is 0. The first kappa shape index (κ1) is 13.6. The van der Waals surface area contributed by atoms with Gasteiger partial charge in [0.2, 0.25) is 0 Å². The summed E-state index contributed by atoms with van der Waals surface area (Å²) in [5, 5.41) is 1.12. The zero-order chi connectivity index (χ0) is 14.8. The average molecular weight is 281 g/mol. The van der Waals surface area contributed by atoms with Crippen molar-refractivity contribution < 1.29 is 4.42 Å². The molecule has 3 aromatic rings. The van der Waals surface area contributed by atoms with Crippen LogP contribution in [0.15, 0.2) is 47.1 Å². The molecule has 0 aliphatic rings. The maximum Gasteiger partial charge on any atom is 0.133 e. The van der Waals surface area contributed by atoms with Crippen molar-refractivity contribution in [1.82, 2.24) is 4.98 Å². The van der Waals surface area contributed by atoms with E-state index in [1.54, 1.807) is 6.26 Å². The van der Waals surface area contributed by atoms with Gasteiger partial charge in [0, 0.05) is 36.7 Å². The Morgan fingerprint density at radius 3 is 2.71 bits per heavy atom. The fraction of sp³-hybridized carbons (Fsp3) is 0.235. The second-order valence-electron chi connectivity index (χ2n) is 5.23. The smallest absolute Gasteiger partial charge is 0.133 e. The molecule has 0 saturated carbocycles. The summed E-state index contributed by atoms with van der Waals surface area (Å²) in [6.45, 7) is 3.20. The Hall–Kier alpha value is -2.33. The lowest BCUT2D eigenvalue weighted by molar-refractivity contribution is 0.529. The number of nitrogens with zero attached hydrogens (tertiary/aromatic N) is 2. The standard InChI is InChI=1S/C17H19N3O/c1-12-14(7-8-21-12)11-20(2)17-15(10-18)9-13-5-3-4-6-16(13)19-17/h3-9H,10-11,18H2,1-2H3. The third kappa shape index (κ3) is 2.62. The minimum absolute atomic E-state index is 0.474. The molecule has 0 aliphatic carbocycles. The van der Waals surface area contributed by atoms with E-state index in [0.29, 0.717) is 6.54 Å². The van der Waals surface area contributed by atoms with Crippen LogP contribution in [0.5, 0.6) is 0 Å². The van der Waals surface area contributed by atoms with Crippen LogP contribution in [0.25, 0.3) is 10.9 Å². The van der Waals surface area contributed by atoms with Crippen LogP contribution in [0.4, 0.5) is 5.82 Å². The molecule has 0 unspecified atom stereocenters. The number of furan rings is 1. The Morgan fingerprint density at radius 2 is 2.00 bits per heavy atom. The highest BCUT2D eigenvalue weighted by Gasteiger charge is 2.12. The summed E-state index contributed by atoms with van der Waals surface area (Å²) in [5.74, 6) is 1.87. The predicted molar refractivity (Wildman–Crippen MR) is 85.2 cm³/mol. The second kappa shape index (κ2) is 5.58. The highest BCUT2D eigenvalue weighted by molar-refractivity contribution is 5.81. The van der Waals surface area contributed by atoms with Crippen LogP contribution in [0.1, 0.15) is 16.9 Å². The van der Waals surface area contributed by atoms with Crippen LogP contribution in [-0.4, -0.2) is 12.0 Å². The van der Waals surface area contributed by atoms with E-state index in [0.717, 1.165) is 40.2 Å². The van der Waals surface area contributed by atoms with Crippen LogP contribution < -0.4 is 10.6 Å². The Kier molecular flexibility index (Phi) is 3.62. The van der Waals surface area contributed by atoms with Crippen LogP contribution in [-0.2, 0) is 13.1 Å². The van der Waals surface area contributed by atoms with Gasteiger partial charge in [-0.3, -0.25) is 0 Å². The molecule has 0 saturated heterocycles. The Morgan fingerprint density at radius 1 is 1.19 bits per heavy atom. The molecule has 0 bridgehead atoms. The van der Waals surface area contributed by atoms with Crippen LogP contribution in [0.3, 0.4) is 0 Å². The van der Waals surface area contributed by atoms with E-state index in [4.69, 9.17) is 15.1 Å². The number of pyridine rings is 1. The predicted octanol–water partition coefficient (Wildman–Crippen LogP) is 3.23. The molecule has 2 heterocycles. The zero-order valence-electron chi connectivity index (χ0n) is 12.3. The van der Waals surface area contributed by atoms with Gasteiger partial charge in [0.25, 0.3) is 0 Å². The lowest BCUT2D eigenvalue weighted by Gasteiger charge is -2.21. The monoisotopic (exact) mass is 281 g/mol. The molecule has 4 heteroatoms. The Balaban J connectivity index is 2.00. The molecule has 1 aromatic carbocycles. The molecule has 0 amide bonds. The lowest BCUT2D eigenvalue weighted by Crippen LogP contribution is -2.20. The van der Waals surface area contributed by atoms with E-state index in [-0.39, 0.29) is 0 Å². The van der Waals surface area contributed by atoms with E-state index < -0.39 is 0 Å². The third-order valence-electron chi connectivity index (χ3n) is 3.74. The zero-order valence-corrected chi connectivity index (χ0v) is 12.3. The van der Waals surface area contributed by atoms with Crippen LogP contribution in [0, 0.1) is 6.92 Å². The minimum Gasteiger partial charge on any atom is -0.469 e. The van der Waals surface area contributed by atoms with Gasteiger partial charge in [-0.15, -0.1) is 0 Å². The van der Waals surface area contributed by atoms with Gasteiger partial charge in [-0.25, -0.2) is 4.98 Å². The van der Waals surface area contributed by atoms with Gasteiger partial charge in [0.15, 0.2) is 0 Å². The molecule has 0 aliphatic heterocycles. The number of hydrogen-bond acceptors (Lipinski definition) is 4. The molecule has 0 fully saturated rings. The molecule has 0 atom stereocenters. The van der Waals surface area contributed by atoms with Crippen molar-refractivity contribution in [3.63, 3.8) is 0 Å². The van der Waals surface area contributed by atoms with E-state index in [2.05, 4.69) is 17.0 Å². The topological polar surface area (TPSA) is 55.3 Å². The number of hydrogen-bond donors (Lipinski definition) is 1. The fourth-order valence-electron chi connectivity index (χ4n) is 2.54. The van der Waals surface area contributed by atoms with Crippen molar-refractivity contribution in [1.29, 1.82) is 0 Å². The largest absolute Gasteiger partial charge is 0.469 e. The highest BCUT2D eigenvalue weighted by Crippen LogP contribution is 2.24. The summed E-state index contributed by atoms with van der Waals surface area (Å²) in [4.78, 5) is 6.89. The molecule has 4 nitrogen and oxygen atoms in total. The van der Waals surface area contributed by atoms with Crippen LogP contribution in [0.2, 0.25) is 0 Å². The maximum absolute atomic E-state index is 5.90. The van der Waals surface area contributed by atoms with Crippen LogP contribution >= 0.6 is 0 Å². The summed E-state index contributed by atoms with van der Waals surface area (Å²) in [6, 6.07) is 12.2. The SMILES string of the molecule is Cc1occc1CN(C)c1nc2ccccc2cc1CN. The minimum atomic E-state index is 0.474. The number of aromatic nitrogens is 1. The van der Waals surface area contributed by atoms with Crippen molar-refractivity contribution in [2.24, 2.45) is 5.73 Å². The van der Waals surface area contributed by atoms with Gasteiger partial charge in [-0.2, -0.15) is 0 Å². The Bertz CT molecular complexity index is 764. The maximum atomic E-state index is 5.90. The van der Waals surface area contributed by atoms with E-state index in [1.165, 1.54) is 0 Å². The van der Waals surface area contributed by atoms with Gasteiger partial charge in [0.05, 0.1) is 11.8 Å². The number of anilines is 1. The van der Waals surface area contributed by atoms with Gasteiger partial charge < -0.3 is 15.1 Å². The Labute approximate surface area is 124 Å². The molecule has 108 valence electrons. The van der Waals surface area contributed by atoms with Crippen molar-refractivity contribution in [3.8, 4) is 0 Å². The third-order valence-corrected chi connectivity index (χ3v) is 3.74. The van der Waals surface area contributed by atoms with Gasteiger partial charge in [-0.05, 0) is 25.1 Å². The summed E-state index contributed by atoms with van der Waals surface area (Å²) < 4.78 is 5.36. The normalized spacial score (nSPS) is 11.0. The molecule has 2 aromatic heterocycles. The van der Waals surface area contributed by atoms with Gasteiger partial charge in [-0.1, -0.05) is 18.2 Å². The van der Waals surface area contributed by atoms with Gasteiger partial charge in [0.1, 0.15) is 11.6 Å². The van der Waals surface area contributed by atoms with E-state index in [1.807, 2.05) is 38.2 Å². The number of nitrogens with two attached hydrogens (primary N) is 1. The fourth-order valence-corrected chi connectivity index (χ4v) is 2.54. The van der Waals surface area contributed by atoms with Gasteiger partial charge >= 0.3 is 0 Å². The first-order valence-corrected chi connectivity index (χ1v) is 7.02. The molecule has 0 spiro atoms. The number of benzene rings is 1. The summed E-state index contributed by atoms with van der Waals surface area (Å²) in [6.07, 6.45) is 1.72. The second-order valence-corrected chi connectivity index (χ2v) is 5.23. The number of rotatable bonds is 4. The molecule has 2 N–H and O–H groups in total. The molecular formula is C17H19N3O. The molecule has 3 rings (SSSR count). The van der Waals surface area contributed by atoms with Crippen molar-refractivity contribution in [2.45, 2.75) is 20.0 Å². The highest BCUT2D eigenvalue weighted by atomic mass is 16.3. The van der Waals surface area contributed by atoms with Crippen molar-refractivity contribution in [3.05, 3.63) is 59.5 Å². The first-order chi connectivity index (χ1) is 10.2. The average Bonchev–Trinajstić information content (AvgIpc) is 2.91. The first-order valence-electron chi connectivity index (χ1n) is 7.02. The van der Waals surface area contributed by atoms with E-state index in [9.17, 15) is 0 Å². The number of aryl methyl sites for hydroxylation is 1. The lowest BCUT2D eigenvalue weighted by atomic mass is 10.1.